The van der Waals surface area contributed by atoms with Crippen LogP contribution in [-0.2, 0) is 4.18 Å². The minimum atomic E-state index is -0.390. The fourth-order valence-corrected chi connectivity index (χ4v) is 2.99. The Morgan fingerprint density at radius 2 is 1.89 bits per heavy atom. The molecule has 19 heavy (non-hydrogen) atoms. The number of nitrogens with zero attached hydrogens (tertiary/aromatic N) is 1. The number of nitro groups is 1. The van der Waals surface area contributed by atoms with Crippen LogP contribution in [0.4, 0.5) is 5.69 Å². The van der Waals surface area contributed by atoms with Crippen LogP contribution in [0, 0.1) is 16.0 Å². The molecule has 5 heteroatoms. The average Bonchev–Trinajstić information content (AvgIpc) is 2.45. The van der Waals surface area contributed by atoms with Gasteiger partial charge >= 0.3 is 0 Å². The van der Waals surface area contributed by atoms with Gasteiger partial charge in [0.05, 0.1) is 11.5 Å². The van der Waals surface area contributed by atoms with Crippen LogP contribution in [0.2, 0.25) is 0 Å². The first-order valence-electron chi connectivity index (χ1n) is 6.79. The molecule has 1 saturated carbocycles. The van der Waals surface area contributed by atoms with Crippen molar-refractivity contribution in [3.8, 4) is 0 Å². The second-order valence-electron chi connectivity index (χ2n) is 4.95. The molecule has 0 heterocycles. The summed E-state index contributed by atoms with van der Waals surface area (Å²) >= 11 is 1.31. The second-order valence-corrected chi connectivity index (χ2v) is 5.82. The van der Waals surface area contributed by atoms with E-state index in [0.29, 0.717) is 0 Å². The van der Waals surface area contributed by atoms with Gasteiger partial charge in [-0.25, -0.2) is 0 Å². The maximum absolute atomic E-state index is 10.5. The lowest BCUT2D eigenvalue weighted by atomic mass is 9.87. The van der Waals surface area contributed by atoms with Gasteiger partial charge in [-0.3, -0.25) is 10.1 Å². The van der Waals surface area contributed by atoms with Gasteiger partial charge in [0.2, 0.25) is 0 Å². The number of nitro benzene ring substituents is 1. The lowest BCUT2D eigenvalue weighted by Crippen LogP contribution is -2.08. The van der Waals surface area contributed by atoms with E-state index in [1.165, 1.54) is 56.3 Å². The van der Waals surface area contributed by atoms with E-state index in [4.69, 9.17) is 4.18 Å². The second kappa shape index (κ2) is 7.50. The first-order valence-corrected chi connectivity index (χ1v) is 7.54. The predicted octanol–water partition coefficient (Wildman–Crippen LogP) is 4.59. The monoisotopic (exact) mass is 281 g/mol. The molecule has 0 N–H and O–H groups in total. The summed E-state index contributed by atoms with van der Waals surface area (Å²) in [7, 11) is 0. The minimum Gasteiger partial charge on any atom is -0.310 e. The van der Waals surface area contributed by atoms with Crippen LogP contribution >= 0.6 is 12.0 Å². The van der Waals surface area contributed by atoms with Crippen molar-refractivity contribution in [3.05, 3.63) is 34.4 Å². The molecule has 2 rings (SSSR count). The van der Waals surface area contributed by atoms with Gasteiger partial charge in [0.25, 0.3) is 5.69 Å². The maximum Gasteiger partial charge on any atom is 0.269 e. The number of hydrogen-bond donors (Lipinski definition) is 0. The Bertz CT molecular complexity index is 402. The summed E-state index contributed by atoms with van der Waals surface area (Å²) in [6.07, 6.45) is 7.91. The van der Waals surface area contributed by atoms with Gasteiger partial charge in [0.1, 0.15) is 0 Å². The quantitative estimate of drug-likeness (QED) is 0.331. The van der Waals surface area contributed by atoms with E-state index in [1.54, 1.807) is 12.1 Å². The molecule has 0 amide bonds. The van der Waals surface area contributed by atoms with Gasteiger partial charge in [-0.2, -0.15) is 0 Å². The van der Waals surface area contributed by atoms with Crippen LogP contribution in [0.5, 0.6) is 0 Å². The molecule has 0 aliphatic heterocycles. The molecule has 0 atom stereocenters. The van der Waals surface area contributed by atoms with E-state index < -0.39 is 4.92 Å². The molecule has 1 fully saturated rings. The highest BCUT2D eigenvalue weighted by Gasteiger charge is 2.13. The molecule has 0 bridgehead atoms. The summed E-state index contributed by atoms with van der Waals surface area (Å²) in [6.45, 7) is 0.756. The SMILES string of the molecule is O=[N+]([O-])c1ccc(SOCCC2CCCCC2)cc1. The van der Waals surface area contributed by atoms with E-state index in [0.717, 1.165) is 23.8 Å². The maximum atomic E-state index is 10.5. The highest BCUT2D eigenvalue weighted by Crippen LogP contribution is 2.28. The summed E-state index contributed by atoms with van der Waals surface area (Å²) in [6, 6.07) is 6.46. The van der Waals surface area contributed by atoms with E-state index in [2.05, 4.69) is 0 Å². The third-order valence-corrected chi connectivity index (χ3v) is 4.29. The first kappa shape index (κ1) is 14.3. The highest BCUT2D eigenvalue weighted by molar-refractivity contribution is 7.94. The number of non-ortho nitro benzene ring substituents is 1. The Hall–Kier alpha value is -1.07. The van der Waals surface area contributed by atoms with E-state index in [-0.39, 0.29) is 5.69 Å². The Kier molecular flexibility index (Phi) is 5.66. The Morgan fingerprint density at radius 3 is 2.53 bits per heavy atom. The fourth-order valence-electron chi connectivity index (χ4n) is 2.42. The van der Waals surface area contributed by atoms with Gasteiger partial charge in [0, 0.05) is 29.1 Å². The molecule has 0 spiro atoms. The highest BCUT2D eigenvalue weighted by atomic mass is 32.2. The zero-order chi connectivity index (χ0) is 13.5. The van der Waals surface area contributed by atoms with Gasteiger partial charge in [-0.05, 0) is 24.5 Å². The van der Waals surface area contributed by atoms with Crippen LogP contribution in [0.15, 0.2) is 29.2 Å². The minimum absolute atomic E-state index is 0.117. The van der Waals surface area contributed by atoms with Crippen LogP contribution in [0.25, 0.3) is 0 Å². The molecule has 0 radical (unpaired) electrons. The van der Waals surface area contributed by atoms with Gasteiger partial charge < -0.3 is 4.18 Å². The summed E-state index contributed by atoms with van der Waals surface area (Å²) in [5.74, 6) is 0.825. The molecule has 1 aromatic rings. The zero-order valence-corrected chi connectivity index (χ0v) is 11.7. The average molecular weight is 281 g/mol. The van der Waals surface area contributed by atoms with Crippen LogP contribution < -0.4 is 0 Å². The van der Waals surface area contributed by atoms with Crippen LogP contribution in [0.1, 0.15) is 38.5 Å². The van der Waals surface area contributed by atoms with Crippen LogP contribution in [0.3, 0.4) is 0 Å². The van der Waals surface area contributed by atoms with Crippen molar-refractivity contribution in [2.75, 3.05) is 6.61 Å². The molecule has 4 nitrogen and oxygen atoms in total. The van der Waals surface area contributed by atoms with Crippen LogP contribution in [-0.4, -0.2) is 11.5 Å². The largest absolute Gasteiger partial charge is 0.310 e. The third-order valence-electron chi connectivity index (χ3n) is 3.54. The van der Waals surface area contributed by atoms with Crippen molar-refractivity contribution < 1.29 is 9.11 Å². The van der Waals surface area contributed by atoms with Crippen molar-refractivity contribution in [3.63, 3.8) is 0 Å². The lowest BCUT2D eigenvalue weighted by molar-refractivity contribution is -0.384. The van der Waals surface area contributed by atoms with Crippen molar-refractivity contribution in [2.45, 2.75) is 43.4 Å². The normalized spacial score (nSPS) is 16.4. The van der Waals surface area contributed by atoms with Crippen molar-refractivity contribution >= 4 is 17.7 Å². The molecule has 1 aliphatic carbocycles. The van der Waals surface area contributed by atoms with E-state index >= 15 is 0 Å². The van der Waals surface area contributed by atoms with Gasteiger partial charge in [-0.1, -0.05) is 32.1 Å². The van der Waals surface area contributed by atoms with Gasteiger partial charge in [-0.15, -0.1) is 0 Å². The first-order chi connectivity index (χ1) is 9.25. The van der Waals surface area contributed by atoms with Crippen molar-refractivity contribution in [1.82, 2.24) is 0 Å². The summed E-state index contributed by atoms with van der Waals surface area (Å²) in [5, 5.41) is 10.5. The molecule has 0 unspecified atom stereocenters. The predicted molar refractivity (Wildman–Crippen MR) is 76.1 cm³/mol. The topological polar surface area (TPSA) is 52.4 Å². The summed E-state index contributed by atoms with van der Waals surface area (Å²) in [4.78, 5) is 11.0. The molecule has 0 saturated heterocycles. The summed E-state index contributed by atoms with van der Waals surface area (Å²) in [5.41, 5.74) is 0.117. The molecule has 1 aromatic carbocycles. The van der Waals surface area contributed by atoms with E-state index in [9.17, 15) is 10.1 Å². The molecule has 1 aliphatic rings. The Labute approximate surface area is 117 Å². The molecule has 0 aromatic heterocycles. The molecule has 104 valence electrons. The summed E-state index contributed by atoms with van der Waals surface area (Å²) < 4.78 is 5.57. The number of benzene rings is 1. The lowest BCUT2D eigenvalue weighted by Gasteiger charge is -2.20. The standard InChI is InChI=1S/C14H19NO3S/c16-15(17)13-6-8-14(9-7-13)19-18-11-10-12-4-2-1-3-5-12/h6-9,12H,1-5,10-11H2. The zero-order valence-electron chi connectivity index (χ0n) is 10.9. The van der Waals surface area contributed by atoms with E-state index in [1.807, 2.05) is 0 Å². The van der Waals surface area contributed by atoms with Gasteiger partial charge in [0.15, 0.2) is 0 Å². The molecular weight excluding hydrogens is 262 g/mol. The molecular formula is C14H19NO3S. The Morgan fingerprint density at radius 1 is 1.21 bits per heavy atom. The fraction of sp³-hybridized carbons (Fsp3) is 0.571. The number of hydrogen-bond acceptors (Lipinski definition) is 4. The Balaban J connectivity index is 1.66. The van der Waals surface area contributed by atoms with Crippen molar-refractivity contribution in [1.29, 1.82) is 0 Å². The smallest absolute Gasteiger partial charge is 0.269 e. The third kappa shape index (κ3) is 4.84. The number of rotatable bonds is 6. The van der Waals surface area contributed by atoms with Crippen molar-refractivity contribution in [2.24, 2.45) is 5.92 Å².